The van der Waals surface area contributed by atoms with Gasteiger partial charge >= 0.3 is 0 Å². The summed E-state index contributed by atoms with van der Waals surface area (Å²) in [4.78, 5) is 15.0. The van der Waals surface area contributed by atoms with E-state index >= 15 is 0 Å². The molecule has 1 fully saturated rings. The monoisotopic (exact) mass is 388 g/mol. The van der Waals surface area contributed by atoms with E-state index in [0.29, 0.717) is 51.0 Å². The van der Waals surface area contributed by atoms with Crippen LogP contribution in [0.15, 0.2) is 30.5 Å². The quantitative estimate of drug-likeness (QED) is 0.729. The van der Waals surface area contributed by atoms with Crippen LogP contribution in [0, 0.1) is 11.3 Å². The molecule has 7 nitrogen and oxygen atoms in total. The normalized spacial score (nSPS) is 16.4. The summed E-state index contributed by atoms with van der Waals surface area (Å²) < 4.78 is 27.3. The zero-order chi connectivity index (χ0) is 19.4. The number of sulfonamides is 1. The van der Waals surface area contributed by atoms with Gasteiger partial charge in [-0.3, -0.25) is 9.69 Å². The van der Waals surface area contributed by atoms with E-state index in [0.717, 1.165) is 10.9 Å². The second-order valence-electron chi connectivity index (χ2n) is 7.03. The van der Waals surface area contributed by atoms with Crippen LogP contribution in [0.5, 0.6) is 0 Å². The number of aromatic nitrogens is 1. The van der Waals surface area contributed by atoms with E-state index in [9.17, 15) is 13.2 Å². The molecule has 27 heavy (non-hydrogen) atoms. The lowest BCUT2D eigenvalue weighted by Gasteiger charge is -2.31. The van der Waals surface area contributed by atoms with Crippen molar-refractivity contribution in [1.82, 2.24) is 14.2 Å². The van der Waals surface area contributed by atoms with Crippen molar-refractivity contribution in [3.63, 3.8) is 0 Å². The van der Waals surface area contributed by atoms with Crippen LogP contribution in [0.4, 0.5) is 0 Å². The Labute approximate surface area is 159 Å². The molecule has 0 bridgehead atoms. The summed E-state index contributed by atoms with van der Waals surface area (Å²) in [6.07, 6.45) is 4.81. The second kappa shape index (κ2) is 8.21. The zero-order valence-corrected chi connectivity index (χ0v) is 16.2. The molecule has 3 rings (SSSR count). The first kappa shape index (κ1) is 19.5. The highest BCUT2D eigenvalue weighted by molar-refractivity contribution is 7.88. The van der Waals surface area contributed by atoms with Crippen molar-refractivity contribution in [3.05, 3.63) is 36.0 Å². The van der Waals surface area contributed by atoms with E-state index in [1.807, 2.05) is 35.0 Å². The predicted octanol–water partition coefficient (Wildman–Crippen LogP) is 1.75. The Bertz CT molecular complexity index is 966. The number of Topliss-reactive ketones (excluding diaryl/α,β-unsaturated/α-hetero) is 1. The first-order valence-corrected chi connectivity index (χ1v) is 10.9. The highest BCUT2D eigenvalue weighted by Gasteiger charge is 2.24. The number of fused-ring (bicyclic) bond motifs is 1. The van der Waals surface area contributed by atoms with Crippen molar-refractivity contribution >= 4 is 26.7 Å². The van der Waals surface area contributed by atoms with Gasteiger partial charge in [0.05, 0.1) is 25.3 Å². The number of nitriles is 1. The fraction of sp³-hybridized carbons (Fsp3) is 0.474. The summed E-state index contributed by atoms with van der Waals surface area (Å²) in [6, 6.07) is 9.83. The molecule has 1 saturated heterocycles. The molecular formula is C19H24N4O3S. The molecule has 0 amide bonds. The minimum atomic E-state index is -3.20. The largest absolute Gasteiger partial charge is 0.346 e. The first-order chi connectivity index (χ1) is 12.9. The molecule has 144 valence electrons. The van der Waals surface area contributed by atoms with E-state index in [1.54, 1.807) is 0 Å². The van der Waals surface area contributed by atoms with Gasteiger partial charge in [-0.25, -0.2) is 13.1 Å². The molecule has 2 aromatic rings. The van der Waals surface area contributed by atoms with Gasteiger partial charge in [0.25, 0.3) is 0 Å². The lowest BCUT2D eigenvalue weighted by molar-refractivity contribution is 0.0909. The number of aryl methyl sites for hydroxylation is 1. The Balaban J connectivity index is 1.68. The topological polar surface area (TPSA) is 95.2 Å². The minimum Gasteiger partial charge on any atom is -0.346 e. The van der Waals surface area contributed by atoms with Gasteiger partial charge in [0.15, 0.2) is 5.78 Å². The number of nitrogens with one attached hydrogen (secondary N) is 1. The molecule has 1 N–H and O–H groups in total. The van der Waals surface area contributed by atoms with Crippen LogP contribution >= 0.6 is 0 Å². The van der Waals surface area contributed by atoms with Crippen LogP contribution in [0.3, 0.4) is 0 Å². The fourth-order valence-electron chi connectivity index (χ4n) is 3.62. The number of rotatable bonds is 7. The average Bonchev–Trinajstić information content (AvgIpc) is 2.99. The van der Waals surface area contributed by atoms with Crippen molar-refractivity contribution in [3.8, 4) is 6.07 Å². The van der Waals surface area contributed by atoms with Crippen molar-refractivity contribution in [2.75, 3.05) is 25.9 Å². The number of hydrogen-bond acceptors (Lipinski definition) is 5. The van der Waals surface area contributed by atoms with Gasteiger partial charge in [-0.15, -0.1) is 0 Å². The number of carbonyl (C=O) groups excluding carboxylic acids is 1. The second-order valence-corrected chi connectivity index (χ2v) is 8.81. The number of carbonyl (C=O) groups is 1. The number of hydrogen-bond donors (Lipinski definition) is 1. The third kappa shape index (κ3) is 4.95. The van der Waals surface area contributed by atoms with Gasteiger partial charge in [0.1, 0.15) is 0 Å². The third-order valence-electron chi connectivity index (χ3n) is 4.89. The van der Waals surface area contributed by atoms with Crippen molar-refractivity contribution in [1.29, 1.82) is 5.26 Å². The van der Waals surface area contributed by atoms with Crippen molar-refractivity contribution < 1.29 is 13.2 Å². The highest BCUT2D eigenvalue weighted by Crippen LogP contribution is 2.23. The third-order valence-corrected chi connectivity index (χ3v) is 5.65. The molecule has 2 heterocycles. The van der Waals surface area contributed by atoms with E-state index in [-0.39, 0.29) is 11.8 Å². The Morgan fingerprint density at radius 1 is 1.30 bits per heavy atom. The number of likely N-dealkylation sites (tertiary alicyclic amines) is 1. The molecule has 8 heteroatoms. The summed E-state index contributed by atoms with van der Waals surface area (Å²) in [6.45, 7) is 2.25. The fourth-order valence-corrected chi connectivity index (χ4v) is 4.47. The Morgan fingerprint density at radius 2 is 2.00 bits per heavy atom. The smallest absolute Gasteiger partial charge is 0.208 e. The van der Waals surface area contributed by atoms with Crippen LogP contribution in [0.25, 0.3) is 10.9 Å². The van der Waals surface area contributed by atoms with Crippen LogP contribution in [0.1, 0.15) is 29.6 Å². The standard InChI is InChI=1S/C19H24N4O3S/c1-27(25,26)21-15-7-11-22(12-8-15)14-19(24)17-13-23(10-4-9-20)18-6-3-2-5-16(17)18/h2-3,5-6,13,15,21H,4,7-8,10-12,14H2,1H3. The molecule has 0 spiro atoms. The SMILES string of the molecule is CS(=O)(=O)NC1CCN(CC(=O)c2cn(CCC#N)c3ccccc23)CC1. The molecule has 1 aliphatic heterocycles. The maximum atomic E-state index is 12.9. The zero-order valence-electron chi connectivity index (χ0n) is 15.4. The summed E-state index contributed by atoms with van der Waals surface area (Å²) in [5.74, 6) is 0.0522. The maximum absolute atomic E-state index is 12.9. The molecule has 0 aliphatic carbocycles. The van der Waals surface area contributed by atoms with Gasteiger partial charge < -0.3 is 4.57 Å². The van der Waals surface area contributed by atoms with Gasteiger partial charge in [0, 0.05) is 48.3 Å². The number of benzene rings is 1. The predicted molar refractivity (Wildman–Crippen MR) is 104 cm³/mol. The molecule has 0 saturated carbocycles. The van der Waals surface area contributed by atoms with Crippen LogP contribution in [0.2, 0.25) is 0 Å². The van der Waals surface area contributed by atoms with E-state index in [1.165, 1.54) is 6.26 Å². The minimum absolute atomic E-state index is 0.0522. The number of ketones is 1. The summed E-state index contributed by atoms with van der Waals surface area (Å²) in [5.41, 5.74) is 1.65. The number of nitrogens with zero attached hydrogens (tertiary/aromatic N) is 3. The Hall–Kier alpha value is -2.21. The van der Waals surface area contributed by atoms with Crippen LogP contribution in [-0.4, -0.2) is 55.6 Å². The Kier molecular flexibility index (Phi) is 5.95. The average molecular weight is 388 g/mol. The van der Waals surface area contributed by atoms with E-state index in [4.69, 9.17) is 5.26 Å². The highest BCUT2D eigenvalue weighted by atomic mass is 32.2. The molecule has 0 atom stereocenters. The summed E-state index contributed by atoms with van der Waals surface area (Å²) in [7, 11) is -3.20. The van der Waals surface area contributed by atoms with Crippen molar-refractivity contribution in [2.24, 2.45) is 0 Å². The van der Waals surface area contributed by atoms with Gasteiger partial charge in [-0.2, -0.15) is 5.26 Å². The van der Waals surface area contributed by atoms with Crippen molar-refractivity contribution in [2.45, 2.75) is 31.8 Å². The Morgan fingerprint density at radius 3 is 2.67 bits per heavy atom. The molecule has 1 aliphatic rings. The van der Waals surface area contributed by atoms with Crippen LogP contribution in [-0.2, 0) is 16.6 Å². The van der Waals surface area contributed by atoms with Gasteiger partial charge in [0.2, 0.25) is 10.0 Å². The lowest BCUT2D eigenvalue weighted by Crippen LogP contribution is -2.45. The van der Waals surface area contributed by atoms with E-state index < -0.39 is 10.0 Å². The van der Waals surface area contributed by atoms with Gasteiger partial charge in [-0.1, -0.05) is 18.2 Å². The molecule has 1 aromatic heterocycles. The summed E-state index contributed by atoms with van der Waals surface area (Å²) >= 11 is 0. The molecular weight excluding hydrogens is 364 g/mol. The number of para-hydroxylation sites is 1. The van der Waals surface area contributed by atoms with Gasteiger partial charge in [-0.05, 0) is 18.9 Å². The van der Waals surface area contributed by atoms with Crippen LogP contribution < -0.4 is 4.72 Å². The lowest BCUT2D eigenvalue weighted by atomic mass is 10.0. The number of piperidine rings is 1. The molecule has 0 unspecified atom stereocenters. The molecule has 1 aromatic carbocycles. The molecule has 0 radical (unpaired) electrons. The van der Waals surface area contributed by atoms with E-state index in [2.05, 4.69) is 15.7 Å². The first-order valence-electron chi connectivity index (χ1n) is 9.05. The maximum Gasteiger partial charge on any atom is 0.208 e. The summed E-state index contributed by atoms with van der Waals surface area (Å²) in [5, 5.41) is 9.76.